The van der Waals surface area contributed by atoms with Crippen molar-refractivity contribution in [3.63, 3.8) is 0 Å². The van der Waals surface area contributed by atoms with Crippen LogP contribution in [0.2, 0.25) is 0 Å². The van der Waals surface area contributed by atoms with Gasteiger partial charge in [-0.3, -0.25) is 0 Å². The molecule has 0 radical (unpaired) electrons. The highest BCUT2D eigenvalue weighted by atomic mass is 19.4. The molecule has 0 unspecified atom stereocenters. The molecule has 1 aromatic rings. The van der Waals surface area contributed by atoms with E-state index in [0.29, 0.717) is 11.6 Å². The smallest absolute Gasteiger partial charge is 0.379 e. The maximum Gasteiger partial charge on any atom is 0.416 e. The molecule has 0 aliphatic heterocycles. The number of nitrogens with zero attached hydrogens (tertiary/aromatic N) is 1. The zero-order chi connectivity index (χ0) is 14.3. The second-order valence-corrected chi connectivity index (χ2v) is 5.49. The van der Waals surface area contributed by atoms with Crippen molar-refractivity contribution in [3.8, 4) is 6.07 Å². The van der Waals surface area contributed by atoms with E-state index in [1.165, 1.54) is 6.07 Å². The molecule has 102 valence electrons. The van der Waals surface area contributed by atoms with Crippen molar-refractivity contribution < 1.29 is 13.2 Å². The molecule has 19 heavy (non-hydrogen) atoms. The summed E-state index contributed by atoms with van der Waals surface area (Å²) in [4.78, 5) is 0. The van der Waals surface area contributed by atoms with Crippen molar-refractivity contribution in [3.05, 3.63) is 29.3 Å². The van der Waals surface area contributed by atoms with Crippen molar-refractivity contribution >= 4 is 5.69 Å². The molecule has 2 nitrogen and oxygen atoms in total. The molecular formula is C14H15F3N2. The monoisotopic (exact) mass is 268 g/mol. The van der Waals surface area contributed by atoms with Gasteiger partial charge in [0.05, 0.1) is 16.8 Å². The molecule has 0 saturated heterocycles. The van der Waals surface area contributed by atoms with Crippen molar-refractivity contribution in [2.45, 2.75) is 38.4 Å². The molecule has 0 bridgehead atoms. The number of nitriles is 1. The Morgan fingerprint density at radius 2 is 1.89 bits per heavy atom. The van der Waals surface area contributed by atoms with E-state index >= 15 is 0 Å². The van der Waals surface area contributed by atoms with Gasteiger partial charge in [0.2, 0.25) is 0 Å². The minimum atomic E-state index is -4.42. The first kappa shape index (κ1) is 13.7. The molecule has 2 rings (SSSR count). The number of anilines is 1. The van der Waals surface area contributed by atoms with Crippen LogP contribution in [0.5, 0.6) is 0 Å². The molecule has 1 fully saturated rings. The van der Waals surface area contributed by atoms with Crippen LogP contribution in [0.15, 0.2) is 18.2 Å². The number of benzene rings is 1. The highest BCUT2D eigenvalue weighted by Gasteiger charge is 2.38. The van der Waals surface area contributed by atoms with Crippen LogP contribution >= 0.6 is 0 Å². The zero-order valence-corrected chi connectivity index (χ0v) is 10.8. The summed E-state index contributed by atoms with van der Waals surface area (Å²) in [6.07, 6.45) is -2.19. The molecule has 1 saturated carbocycles. The predicted octanol–water partition coefficient (Wildman–Crippen LogP) is 4.18. The lowest BCUT2D eigenvalue weighted by atomic mass is 9.97. The van der Waals surface area contributed by atoms with Crippen LogP contribution in [-0.2, 0) is 6.18 Å². The Balaban J connectivity index is 2.29. The Kier molecular flexibility index (Phi) is 3.21. The fourth-order valence-corrected chi connectivity index (χ4v) is 2.18. The van der Waals surface area contributed by atoms with Gasteiger partial charge in [0.15, 0.2) is 0 Å². The minimum absolute atomic E-state index is 0.0311. The molecule has 0 spiro atoms. The molecule has 1 aliphatic carbocycles. The van der Waals surface area contributed by atoms with E-state index in [0.717, 1.165) is 25.0 Å². The quantitative estimate of drug-likeness (QED) is 0.892. The van der Waals surface area contributed by atoms with Gasteiger partial charge in [-0.2, -0.15) is 18.4 Å². The first-order valence-corrected chi connectivity index (χ1v) is 6.13. The second-order valence-electron chi connectivity index (χ2n) is 5.49. The second kappa shape index (κ2) is 4.44. The van der Waals surface area contributed by atoms with Gasteiger partial charge >= 0.3 is 6.18 Å². The van der Waals surface area contributed by atoms with Crippen molar-refractivity contribution in [2.24, 2.45) is 5.92 Å². The van der Waals surface area contributed by atoms with E-state index in [9.17, 15) is 13.2 Å². The van der Waals surface area contributed by atoms with Gasteiger partial charge in [0, 0.05) is 5.54 Å². The normalized spacial score (nSPS) is 16.0. The van der Waals surface area contributed by atoms with Crippen LogP contribution < -0.4 is 5.32 Å². The van der Waals surface area contributed by atoms with Crippen LogP contribution in [0, 0.1) is 17.2 Å². The lowest BCUT2D eigenvalue weighted by Crippen LogP contribution is -2.33. The highest BCUT2D eigenvalue weighted by Crippen LogP contribution is 2.42. The lowest BCUT2D eigenvalue weighted by molar-refractivity contribution is -0.137. The first-order valence-electron chi connectivity index (χ1n) is 6.13. The Morgan fingerprint density at radius 3 is 2.37 bits per heavy atom. The SMILES string of the molecule is CC(C)(Nc1ccc(C(F)(F)F)cc1C#N)C1CC1. The fraction of sp³-hybridized carbons (Fsp3) is 0.500. The fourth-order valence-electron chi connectivity index (χ4n) is 2.18. The summed E-state index contributed by atoms with van der Waals surface area (Å²) in [6, 6.07) is 5.07. The molecule has 5 heteroatoms. The summed E-state index contributed by atoms with van der Waals surface area (Å²) in [5.74, 6) is 0.515. The first-order chi connectivity index (χ1) is 8.74. The van der Waals surface area contributed by atoms with Crippen LogP contribution in [-0.4, -0.2) is 5.54 Å². The largest absolute Gasteiger partial charge is 0.416 e. The van der Waals surface area contributed by atoms with E-state index in [4.69, 9.17) is 5.26 Å². The van der Waals surface area contributed by atoms with E-state index in [2.05, 4.69) is 5.32 Å². The van der Waals surface area contributed by atoms with Crippen molar-refractivity contribution in [2.75, 3.05) is 5.32 Å². The van der Waals surface area contributed by atoms with Gasteiger partial charge in [-0.15, -0.1) is 0 Å². The molecule has 1 aliphatic rings. The molecule has 1 aromatic carbocycles. The molecule has 1 N–H and O–H groups in total. The molecule has 0 aromatic heterocycles. The van der Waals surface area contributed by atoms with Crippen LogP contribution in [0.25, 0.3) is 0 Å². The van der Waals surface area contributed by atoms with E-state index < -0.39 is 11.7 Å². The average molecular weight is 268 g/mol. The summed E-state index contributed by atoms with van der Waals surface area (Å²) in [5, 5.41) is 12.2. The maximum absolute atomic E-state index is 12.6. The van der Waals surface area contributed by atoms with Gasteiger partial charge in [-0.1, -0.05) is 0 Å². The Hall–Kier alpha value is -1.70. The minimum Gasteiger partial charge on any atom is -0.379 e. The van der Waals surface area contributed by atoms with Gasteiger partial charge in [0.25, 0.3) is 0 Å². The van der Waals surface area contributed by atoms with E-state index in [1.54, 1.807) is 0 Å². The number of rotatable bonds is 3. The number of hydrogen-bond donors (Lipinski definition) is 1. The topological polar surface area (TPSA) is 35.8 Å². The third-order valence-corrected chi connectivity index (χ3v) is 3.52. The van der Waals surface area contributed by atoms with Crippen LogP contribution in [0.4, 0.5) is 18.9 Å². The maximum atomic E-state index is 12.6. The van der Waals surface area contributed by atoms with E-state index in [-0.39, 0.29) is 11.1 Å². The van der Waals surface area contributed by atoms with Gasteiger partial charge in [-0.25, -0.2) is 0 Å². The lowest BCUT2D eigenvalue weighted by Gasteiger charge is -2.28. The summed E-state index contributed by atoms with van der Waals surface area (Å²) in [7, 11) is 0. The number of hydrogen-bond acceptors (Lipinski definition) is 2. The standard InChI is InChI=1S/C14H15F3N2/c1-13(2,10-3-4-10)19-12-6-5-11(14(15,16)17)7-9(12)8-18/h5-7,10,19H,3-4H2,1-2H3. The Labute approximate surface area is 110 Å². The van der Waals surface area contributed by atoms with Gasteiger partial charge in [-0.05, 0) is 50.8 Å². The summed E-state index contributed by atoms with van der Waals surface area (Å²) in [6.45, 7) is 4.01. The third-order valence-electron chi connectivity index (χ3n) is 3.52. The summed E-state index contributed by atoms with van der Waals surface area (Å²) in [5.41, 5.74) is -0.500. The van der Waals surface area contributed by atoms with E-state index in [1.807, 2.05) is 19.9 Å². The average Bonchev–Trinajstić information content (AvgIpc) is 3.11. The number of nitrogens with one attached hydrogen (secondary N) is 1. The van der Waals surface area contributed by atoms with Crippen molar-refractivity contribution in [1.82, 2.24) is 0 Å². The zero-order valence-electron chi connectivity index (χ0n) is 10.8. The highest BCUT2D eigenvalue weighted by molar-refractivity contribution is 5.60. The van der Waals surface area contributed by atoms with Crippen LogP contribution in [0.3, 0.4) is 0 Å². The summed E-state index contributed by atoms with van der Waals surface area (Å²) >= 11 is 0. The van der Waals surface area contributed by atoms with Gasteiger partial charge < -0.3 is 5.32 Å². The molecule has 0 amide bonds. The predicted molar refractivity (Wildman–Crippen MR) is 66.6 cm³/mol. The number of halogens is 3. The molecule has 0 heterocycles. The van der Waals surface area contributed by atoms with Crippen LogP contribution in [0.1, 0.15) is 37.8 Å². The Morgan fingerprint density at radius 1 is 1.26 bits per heavy atom. The number of alkyl halides is 3. The Bertz CT molecular complexity index is 522. The molecular weight excluding hydrogens is 253 g/mol. The summed E-state index contributed by atoms with van der Waals surface area (Å²) < 4.78 is 37.7. The molecule has 0 atom stereocenters. The third kappa shape index (κ3) is 3.01. The van der Waals surface area contributed by atoms with Gasteiger partial charge in [0.1, 0.15) is 6.07 Å². The van der Waals surface area contributed by atoms with Crippen molar-refractivity contribution in [1.29, 1.82) is 5.26 Å².